The van der Waals surface area contributed by atoms with Crippen LogP contribution in [0.4, 0.5) is 5.69 Å². The van der Waals surface area contributed by atoms with Crippen LogP contribution in [0.25, 0.3) is 16.7 Å². The summed E-state index contributed by atoms with van der Waals surface area (Å²) in [5.41, 5.74) is 1.26. The number of pyridine rings is 1. The minimum atomic E-state index is -3.98. The molecule has 4 aromatic rings. The topological polar surface area (TPSA) is 122 Å². The van der Waals surface area contributed by atoms with Gasteiger partial charge >= 0.3 is 0 Å². The van der Waals surface area contributed by atoms with Crippen molar-refractivity contribution in [1.29, 1.82) is 0 Å². The molecule has 1 fully saturated rings. The lowest BCUT2D eigenvalue weighted by molar-refractivity contribution is -0.202. The van der Waals surface area contributed by atoms with Crippen molar-refractivity contribution in [2.45, 2.75) is 10.5 Å². The van der Waals surface area contributed by atoms with E-state index in [4.69, 9.17) is 14.2 Å². The van der Waals surface area contributed by atoms with Crippen LogP contribution in [-0.4, -0.2) is 60.4 Å². The number of aryl methyl sites for hydroxylation is 1. The van der Waals surface area contributed by atoms with Crippen LogP contribution >= 0.6 is 0 Å². The Bertz CT molecular complexity index is 1440. The highest BCUT2D eigenvalue weighted by Crippen LogP contribution is 2.35. The van der Waals surface area contributed by atoms with Crippen molar-refractivity contribution in [3.63, 3.8) is 0 Å². The molecule has 1 aromatic carbocycles. The molecule has 1 aliphatic rings. The number of hydrogen-bond acceptors (Lipinski definition) is 8. The number of ether oxygens (including phenoxy) is 3. The van der Waals surface area contributed by atoms with Gasteiger partial charge < -0.3 is 14.2 Å². The lowest BCUT2D eigenvalue weighted by Gasteiger charge is -2.40. The largest absolute Gasteiger partial charge is 0.494 e. The Morgan fingerprint density at radius 3 is 2.67 bits per heavy atom. The number of nitrogens with zero attached hydrogens (tertiary/aromatic N) is 5. The van der Waals surface area contributed by atoms with Crippen LogP contribution in [0, 0.1) is 0 Å². The molecule has 1 saturated heterocycles. The Labute approximate surface area is 189 Å². The monoisotopic (exact) mass is 470 g/mol. The summed E-state index contributed by atoms with van der Waals surface area (Å²) in [5, 5.41) is 9.20. The van der Waals surface area contributed by atoms with Crippen molar-refractivity contribution in [2.75, 3.05) is 32.2 Å². The van der Waals surface area contributed by atoms with Gasteiger partial charge in [-0.05, 0) is 29.8 Å². The highest BCUT2D eigenvalue weighted by molar-refractivity contribution is 7.92. The standard InChI is InChI=1S/C21H22N6O5S/c1-26-20-14(9-23-26)4-5-17(30-2)19(20)25-33(28,29)16-10-24-27(11-16)18-8-15(6-7-22-18)21(31-3)12-32-13-21/h4-11,25H,12-13H2,1-3H3. The van der Waals surface area contributed by atoms with Crippen LogP contribution in [0.3, 0.4) is 0 Å². The zero-order valence-corrected chi connectivity index (χ0v) is 19.0. The van der Waals surface area contributed by atoms with E-state index in [9.17, 15) is 8.42 Å². The lowest BCUT2D eigenvalue weighted by Crippen LogP contribution is -2.48. The normalized spacial score (nSPS) is 15.4. The summed E-state index contributed by atoms with van der Waals surface area (Å²) in [4.78, 5) is 4.30. The molecule has 1 aliphatic heterocycles. The summed E-state index contributed by atoms with van der Waals surface area (Å²) in [7, 11) is 0.857. The maximum absolute atomic E-state index is 13.2. The molecule has 4 heterocycles. The van der Waals surface area contributed by atoms with Crippen molar-refractivity contribution >= 4 is 26.6 Å². The van der Waals surface area contributed by atoms with Gasteiger partial charge in [0.15, 0.2) is 5.82 Å². The Balaban J connectivity index is 1.49. The van der Waals surface area contributed by atoms with E-state index in [0.29, 0.717) is 36.0 Å². The molecule has 0 aliphatic carbocycles. The van der Waals surface area contributed by atoms with Gasteiger partial charge in [0.25, 0.3) is 10.0 Å². The van der Waals surface area contributed by atoms with Gasteiger partial charge in [0, 0.05) is 25.7 Å². The van der Waals surface area contributed by atoms with Crippen LogP contribution in [0.5, 0.6) is 5.75 Å². The van der Waals surface area contributed by atoms with Gasteiger partial charge in [-0.2, -0.15) is 10.2 Å². The lowest BCUT2D eigenvalue weighted by atomic mass is 9.92. The molecule has 1 N–H and O–H groups in total. The Kier molecular flexibility index (Phi) is 5.07. The van der Waals surface area contributed by atoms with Gasteiger partial charge in [-0.3, -0.25) is 9.40 Å². The smallest absolute Gasteiger partial charge is 0.265 e. The van der Waals surface area contributed by atoms with Crippen molar-refractivity contribution in [3.8, 4) is 11.6 Å². The first kappa shape index (κ1) is 21.4. The molecule has 0 spiro atoms. The summed E-state index contributed by atoms with van der Waals surface area (Å²) < 4.78 is 48.4. The maximum Gasteiger partial charge on any atom is 0.265 e. The number of aromatic nitrogens is 5. The molecule has 0 saturated carbocycles. The first-order chi connectivity index (χ1) is 15.9. The average molecular weight is 471 g/mol. The summed E-state index contributed by atoms with van der Waals surface area (Å²) >= 11 is 0. The SMILES string of the molecule is COc1ccc2cnn(C)c2c1NS(=O)(=O)c1cnn(-c2cc(C3(OC)COC3)ccn2)c1. The predicted molar refractivity (Wildman–Crippen MR) is 119 cm³/mol. The van der Waals surface area contributed by atoms with E-state index in [1.807, 2.05) is 18.2 Å². The molecule has 172 valence electrons. The summed E-state index contributed by atoms with van der Waals surface area (Å²) in [6.45, 7) is 0.883. The zero-order chi connectivity index (χ0) is 23.2. The van der Waals surface area contributed by atoms with Crippen molar-refractivity contribution in [3.05, 3.63) is 54.6 Å². The molecule has 12 heteroatoms. The number of hydrogen-bond donors (Lipinski definition) is 1. The fourth-order valence-electron chi connectivity index (χ4n) is 3.80. The van der Waals surface area contributed by atoms with E-state index in [-0.39, 0.29) is 4.90 Å². The fraction of sp³-hybridized carbons (Fsp3) is 0.286. The number of sulfonamides is 1. The average Bonchev–Trinajstić information content (AvgIpc) is 3.42. The number of rotatable bonds is 7. The molecule has 0 unspecified atom stereocenters. The maximum atomic E-state index is 13.2. The number of anilines is 1. The Hall–Kier alpha value is -3.48. The number of methoxy groups -OCH3 is 2. The van der Waals surface area contributed by atoms with Crippen LogP contribution < -0.4 is 9.46 Å². The van der Waals surface area contributed by atoms with Crippen LogP contribution in [-0.2, 0) is 32.1 Å². The number of fused-ring (bicyclic) bond motifs is 1. The second kappa shape index (κ2) is 7.83. The van der Waals surface area contributed by atoms with Crippen LogP contribution in [0.15, 0.2) is 53.9 Å². The minimum Gasteiger partial charge on any atom is -0.494 e. The second-order valence-electron chi connectivity index (χ2n) is 7.67. The third kappa shape index (κ3) is 3.52. The third-order valence-corrected chi connectivity index (χ3v) is 7.06. The fourth-order valence-corrected chi connectivity index (χ4v) is 4.81. The van der Waals surface area contributed by atoms with Crippen LogP contribution in [0.2, 0.25) is 0 Å². The molecule has 33 heavy (non-hydrogen) atoms. The second-order valence-corrected chi connectivity index (χ2v) is 9.35. The van der Waals surface area contributed by atoms with Crippen molar-refractivity contribution in [1.82, 2.24) is 24.5 Å². The molecular formula is C21H22N6O5S. The Morgan fingerprint density at radius 2 is 1.97 bits per heavy atom. The molecule has 0 atom stereocenters. The first-order valence-corrected chi connectivity index (χ1v) is 11.5. The molecular weight excluding hydrogens is 448 g/mol. The van der Waals surface area contributed by atoms with Crippen molar-refractivity contribution in [2.24, 2.45) is 7.05 Å². The first-order valence-electron chi connectivity index (χ1n) is 10.0. The third-order valence-electron chi connectivity index (χ3n) is 5.76. The number of nitrogens with one attached hydrogen (secondary N) is 1. The van der Waals surface area contributed by atoms with E-state index in [2.05, 4.69) is 19.9 Å². The van der Waals surface area contributed by atoms with E-state index >= 15 is 0 Å². The van der Waals surface area contributed by atoms with Gasteiger partial charge in [0.1, 0.15) is 21.9 Å². The number of benzene rings is 1. The molecule has 5 rings (SSSR count). The Morgan fingerprint density at radius 1 is 1.15 bits per heavy atom. The summed E-state index contributed by atoms with van der Waals surface area (Å²) in [6, 6.07) is 7.16. The van der Waals surface area contributed by atoms with Crippen LogP contribution in [0.1, 0.15) is 5.56 Å². The molecule has 0 radical (unpaired) electrons. The quantitative estimate of drug-likeness (QED) is 0.434. The van der Waals surface area contributed by atoms with E-state index in [1.54, 1.807) is 37.3 Å². The highest BCUT2D eigenvalue weighted by atomic mass is 32.2. The zero-order valence-electron chi connectivity index (χ0n) is 18.2. The molecule has 3 aromatic heterocycles. The van der Waals surface area contributed by atoms with Gasteiger partial charge in [-0.15, -0.1) is 0 Å². The van der Waals surface area contributed by atoms with Crippen molar-refractivity contribution < 1.29 is 22.6 Å². The van der Waals surface area contributed by atoms with Gasteiger partial charge in [-0.1, -0.05) is 0 Å². The van der Waals surface area contributed by atoms with Gasteiger partial charge in [0.2, 0.25) is 0 Å². The van der Waals surface area contributed by atoms with E-state index in [1.165, 1.54) is 24.2 Å². The minimum absolute atomic E-state index is 0.0237. The van der Waals surface area contributed by atoms with E-state index < -0.39 is 15.6 Å². The molecule has 11 nitrogen and oxygen atoms in total. The van der Waals surface area contributed by atoms with E-state index in [0.717, 1.165) is 10.9 Å². The highest BCUT2D eigenvalue weighted by Gasteiger charge is 2.41. The molecule has 0 bridgehead atoms. The molecule has 0 amide bonds. The summed E-state index contributed by atoms with van der Waals surface area (Å²) in [5.74, 6) is 0.840. The summed E-state index contributed by atoms with van der Waals surface area (Å²) in [6.07, 6.45) is 5.96. The predicted octanol–water partition coefficient (Wildman–Crippen LogP) is 1.84. The van der Waals surface area contributed by atoms with Gasteiger partial charge in [-0.25, -0.2) is 18.1 Å². The van der Waals surface area contributed by atoms with Gasteiger partial charge in [0.05, 0.1) is 44.4 Å².